The highest BCUT2D eigenvalue weighted by molar-refractivity contribution is 8.00. The maximum absolute atomic E-state index is 15.0. The van der Waals surface area contributed by atoms with Crippen molar-refractivity contribution in [3.8, 4) is 0 Å². The molecule has 0 aliphatic carbocycles. The fraction of sp³-hybridized carbons (Fsp3) is 0.481. The summed E-state index contributed by atoms with van der Waals surface area (Å²) in [6.07, 6.45) is -5.14. The van der Waals surface area contributed by atoms with Crippen LogP contribution in [0.15, 0.2) is 30.3 Å². The number of benzene rings is 2. The van der Waals surface area contributed by atoms with Crippen LogP contribution in [0, 0.1) is 11.6 Å². The maximum atomic E-state index is 15.0. The lowest BCUT2D eigenvalue weighted by molar-refractivity contribution is -0.138. The number of carbonyl (C=O) groups excluding carboxylic acids is 2. The van der Waals surface area contributed by atoms with Crippen molar-refractivity contribution in [3.05, 3.63) is 58.1 Å². The molecule has 0 spiro atoms. The molecule has 0 bridgehead atoms. The number of amides is 2. The SMILES string of the molecule is C[C@@H]1CN(CCC(F)(F)F)CCN1c1cc(Cl)ccc1NC(=O)c1ccc(CNC(=O)[C@H]2CNCCS2)c(F)c1F. The van der Waals surface area contributed by atoms with Gasteiger partial charge in [-0.1, -0.05) is 17.7 Å². The van der Waals surface area contributed by atoms with Gasteiger partial charge in [0, 0.05) is 68.2 Å². The van der Waals surface area contributed by atoms with Crippen LogP contribution in [-0.2, 0) is 11.3 Å². The third kappa shape index (κ3) is 8.24. The highest BCUT2D eigenvalue weighted by atomic mass is 35.5. The van der Waals surface area contributed by atoms with Gasteiger partial charge < -0.3 is 20.9 Å². The molecule has 4 rings (SSSR count). The van der Waals surface area contributed by atoms with Gasteiger partial charge in [-0.05, 0) is 31.2 Å². The molecule has 41 heavy (non-hydrogen) atoms. The fourth-order valence-corrected chi connectivity index (χ4v) is 6.03. The molecule has 2 aliphatic heterocycles. The number of hydrogen-bond acceptors (Lipinski definition) is 6. The van der Waals surface area contributed by atoms with Gasteiger partial charge in [0.05, 0.1) is 28.6 Å². The Bertz CT molecular complexity index is 1260. The van der Waals surface area contributed by atoms with Gasteiger partial charge in [-0.2, -0.15) is 13.2 Å². The van der Waals surface area contributed by atoms with E-state index in [4.69, 9.17) is 11.6 Å². The van der Waals surface area contributed by atoms with Crippen molar-refractivity contribution in [3.63, 3.8) is 0 Å². The van der Waals surface area contributed by atoms with Crippen LogP contribution in [-0.4, -0.2) is 79.2 Å². The summed E-state index contributed by atoms with van der Waals surface area (Å²) in [6, 6.07) is 6.89. The highest BCUT2D eigenvalue weighted by Crippen LogP contribution is 2.33. The van der Waals surface area contributed by atoms with Crippen LogP contribution in [0.3, 0.4) is 0 Å². The Morgan fingerprint density at radius 2 is 1.93 bits per heavy atom. The fourth-order valence-electron chi connectivity index (χ4n) is 4.85. The van der Waals surface area contributed by atoms with Crippen LogP contribution >= 0.6 is 23.4 Å². The van der Waals surface area contributed by atoms with Gasteiger partial charge in [0.15, 0.2) is 11.6 Å². The lowest BCUT2D eigenvalue weighted by Crippen LogP contribution is -2.52. The molecule has 0 radical (unpaired) electrons. The van der Waals surface area contributed by atoms with E-state index in [2.05, 4.69) is 16.0 Å². The third-order valence-electron chi connectivity index (χ3n) is 7.02. The van der Waals surface area contributed by atoms with Crippen LogP contribution in [0.5, 0.6) is 0 Å². The lowest BCUT2D eigenvalue weighted by atomic mass is 10.1. The second-order valence-electron chi connectivity index (χ2n) is 10.0. The predicted octanol–water partition coefficient (Wildman–Crippen LogP) is 4.65. The van der Waals surface area contributed by atoms with Gasteiger partial charge in [-0.15, -0.1) is 11.8 Å². The normalized spacial score (nSPS) is 20.1. The molecule has 2 fully saturated rings. The average molecular weight is 620 g/mol. The van der Waals surface area contributed by atoms with E-state index in [9.17, 15) is 31.5 Å². The maximum Gasteiger partial charge on any atom is 0.390 e. The first-order valence-electron chi connectivity index (χ1n) is 13.2. The van der Waals surface area contributed by atoms with Crippen molar-refractivity contribution in [2.24, 2.45) is 0 Å². The largest absolute Gasteiger partial charge is 0.390 e. The van der Waals surface area contributed by atoms with Gasteiger partial charge in [-0.3, -0.25) is 14.5 Å². The van der Waals surface area contributed by atoms with E-state index < -0.39 is 35.7 Å². The standard InChI is InChI=1S/C27H31ClF5N5O2S/c1-16-15-37(8-6-27(31,32)33)9-10-38(16)21-12-18(28)3-5-20(21)36-25(39)19-4-2-17(23(29)24(19)30)13-35-26(40)22-14-34-7-11-41-22/h2-5,12,16,22,34H,6-11,13-15H2,1H3,(H,35,40)(H,36,39)/t16-,22-/m1/s1. The Morgan fingerprint density at radius 1 is 1.15 bits per heavy atom. The molecule has 2 saturated heterocycles. The van der Waals surface area contributed by atoms with Crippen molar-refractivity contribution in [2.75, 3.05) is 55.2 Å². The number of nitrogens with one attached hydrogen (secondary N) is 3. The minimum Gasteiger partial charge on any atom is -0.365 e. The minimum absolute atomic E-state index is 0.0921. The number of anilines is 2. The average Bonchev–Trinajstić information content (AvgIpc) is 2.93. The second-order valence-corrected chi connectivity index (χ2v) is 11.8. The summed E-state index contributed by atoms with van der Waals surface area (Å²) in [4.78, 5) is 29.0. The van der Waals surface area contributed by atoms with Gasteiger partial charge in [0.1, 0.15) is 0 Å². The molecular formula is C27H31ClF5N5O2S. The van der Waals surface area contributed by atoms with Crippen LogP contribution in [0.25, 0.3) is 0 Å². The summed E-state index contributed by atoms with van der Waals surface area (Å²) in [7, 11) is 0. The monoisotopic (exact) mass is 619 g/mol. The topological polar surface area (TPSA) is 76.7 Å². The molecule has 0 unspecified atom stereocenters. The van der Waals surface area contributed by atoms with Gasteiger partial charge >= 0.3 is 6.18 Å². The number of rotatable bonds is 8. The summed E-state index contributed by atoms with van der Waals surface area (Å²) in [6.45, 7) is 3.92. The summed E-state index contributed by atoms with van der Waals surface area (Å²) in [5, 5.41) is 8.39. The van der Waals surface area contributed by atoms with Crippen LogP contribution < -0.4 is 20.9 Å². The van der Waals surface area contributed by atoms with Crippen molar-refractivity contribution >= 4 is 46.6 Å². The first-order chi connectivity index (χ1) is 19.4. The molecular weight excluding hydrogens is 589 g/mol. The Morgan fingerprint density at radius 3 is 2.61 bits per heavy atom. The molecule has 2 atom stereocenters. The smallest absolute Gasteiger partial charge is 0.365 e. The molecule has 2 heterocycles. The predicted molar refractivity (Wildman–Crippen MR) is 151 cm³/mol. The molecule has 0 aromatic heterocycles. The van der Waals surface area contributed by atoms with E-state index in [-0.39, 0.29) is 35.9 Å². The summed E-state index contributed by atoms with van der Waals surface area (Å²) >= 11 is 7.70. The summed E-state index contributed by atoms with van der Waals surface area (Å²) in [5.41, 5.74) is 0.204. The first kappa shape index (κ1) is 31.3. The van der Waals surface area contributed by atoms with E-state index >= 15 is 0 Å². The van der Waals surface area contributed by atoms with Gasteiger partial charge in [-0.25, -0.2) is 8.78 Å². The Hall–Kier alpha value is -2.61. The number of alkyl halides is 3. The molecule has 7 nitrogen and oxygen atoms in total. The summed E-state index contributed by atoms with van der Waals surface area (Å²) in [5.74, 6) is -2.97. The van der Waals surface area contributed by atoms with Crippen molar-refractivity contribution < 1.29 is 31.5 Å². The van der Waals surface area contributed by atoms with E-state index in [0.29, 0.717) is 42.6 Å². The molecule has 14 heteroatoms. The minimum atomic E-state index is -4.24. The third-order valence-corrected chi connectivity index (χ3v) is 8.48. The van der Waals surface area contributed by atoms with Crippen LogP contribution in [0.1, 0.15) is 29.3 Å². The number of hydrogen-bond donors (Lipinski definition) is 3. The number of halogens is 6. The number of nitrogens with zero attached hydrogens (tertiary/aromatic N) is 2. The quantitative estimate of drug-likeness (QED) is 0.374. The molecule has 3 N–H and O–H groups in total. The van der Waals surface area contributed by atoms with Crippen molar-refractivity contribution in [1.82, 2.24) is 15.5 Å². The second kappa shape index (κ2) is 13.6. The molecule has 0 saturated carbocycles. The number of piperazine rings is 1. The molecule has 224 valence electrons. The molecule has 2 aliphatic rings. The Labute approximate surface area is 244 Å². The molecule has 2 aromatic carbocycles. The zero-order valence-corrected chi connectivity index (χ0v) is 23.9. The van der Waals surface area contributed by atoms with E-state index in [0.717, 1.165) is 18.4 Å². The van der Waals surface area contributed by atoms with Gasteiger partial charge in [0.25, 0.3) is 5.91 Å². The Kier molecular flexibility index (Phi) is 10.4. The molecule has 2 aromatic rings. The number of thioether (sulfide) groups is 1. The van der Waals surface area contributed by atoms with E-state index in [1.54, 1.807) is 11.0 Å². The van der Waals surface area contributed by atoms with Crippen LogP contribution in [0.4, 0.5) is 33.3 Å². The van der Waals surface area contributed by atoms with Crippen molar-refractivity contribution in [1.29, 1.82) is 0 Å². The van der Waals surface area contributed by atoms with E-state index in [1.165, 1.54) is 30.0 Å². The van der Waals surface area contributed by atoms with E-state index in [1.807, 2.05) is 11.8 Å². The first-order valence-corrected chi connectivity index (χ1v) is 14.6. The zero-order chi connectivity index (χ0) is 29.7. The molecule has 2 amide bonds. The van der Waals surface area contributed by atoms with Crippen molar-refractivity contribution in [2.45, 2.75) is 37.4 Å². The highest BCUT2D eigenvalue weighted by Gasteiger charge is 2.31. The zero-order valence-electron chi connectivity index (χ0n) is 22.3. The summed E-state index contributed by atoms with van der Waals surface area (Å²) < 4.78 is 67.9. The van der Waals surface area contributed by atoms with Gasteiger partial charge in [0.2, 0.25) is 5.91 Å². The van der Waals surface area contributed by atoms with Crippen LogP contribution in [0.2, 0.25) is 5.02 Å². The Balaban J connectivity index is 1.43. The number of carbonyl (C=O) groups is 2. The lowest BCUT2D eigenvalue weighted by Gasteiger charge is -2.42.